The van der Waals surface area contributed by atoms with Gasteiger partial charge in [-0.15, -0.1) is 0 Å². The van der Waals surface area contributed by atoms with Gasteiger partial charge in [-0.1, -0.05) is 53.2 Å². The Kier molecular flexibility index (Phi) is 5.05. The fraction of sp³-hybridized carbons (Fsp3) is 0.600. The molecule has 0 aromatic heterocycles. The van der Waals surface area contributed by atoms with Gasteiger partial charge >= 0.3 is 0 Å². The van der Waals surface area contributed by atoms with Crippen molar-refractivity contribution in [2.24, 2.45) is 0 Å². The number of benzene rings is 1. The Morgan fingerprint density at radius 3 is 2.76 bits per heavy atom. The number of alkyl halides is 1. The zero-order chi connectivity index (χ0) is 12.1. The van der Waals surface area contributed by atoms with Gasteiger partial charge in [-0.25, -0.2) is 0 Å². The van der Waals surface area contributed by atoms with Gasteiger partial charge in [0, 0.05) is 23.8 Å². The van der Waals surface area contributed by atoms with Gasteiger partial charge < -0.3 is 0 Å². The third-order valence-corrected chi connectivity index (χ3v) is 4.66. The molecule has 1 aromatic rings. The molecule has 17 heavy (non-hydrogen) atoms. The SMILES string of the molecule is CCC1CCCN1CC(CBr)c1ccccc1. The summed E-state index contributed by atoms with van der Waals surface area (Å²) in [5.41, 5.74) is 1.46. The molecule has 0 N–H and O–H groups in total. The van der Waals surface area contributed by atoms with Crippen LogP contribution in [0.2, 0.25) is 0 Å². The van der Waals surface area contributed by atoms with Crippen LogP contribution >= 0.6 is 15.9 Å². The lowest BCUT2D eigenvalue weighted by atomic mass is 10.00. The monoisotopic (exact) mass is 295 g/mol. The Labute approximate surface area is 113 Å². The van der Waals surface area contributed by atoms with Crippen LogP contribution in [-0.2, 0) is 0 Å². The van der Waals surface area contributed by atoms with Crippen molar-refractivity contribution in [1.82, 2.24) is 4.90 Å². The lowest BCUT2D eigenvalue weighted by Crippen LogP contribution is -2.33. The van der Waals surface area contributed by atoms with Crippen molar-refractivity contribution in [3.63, 3.8) is 0 Å². The third kappa shape index (κ3) is 3.32. The summed E-state index contributed by atoms with van der Waals surface area (Å²) in [7, 11) is 0. The average Bonchev–Trinajstić information content (AvgIpc) is 2.84. The van der Waals surface area contributed by atoms with E-state index in [9.17, 15) is 0 Å². The molecule has 2 unspecified atom stereocenters. The Balaban J connectivity index is 2.00. The van der Waals surface area contributed by atoms with Crippen LogP contribution in [0.1, 0.15) is 37.7 Å². The third-order valence-electron chi connectivity index (χ3n) is 3.88. The summed E-state index contributed by atoms with van der Waals surface area (Å²) in [6.45, 7) is 4.80. The Bertz CT molecular complexity index is 325. The van der Waals surface area contributed by atoms with Gasteiger partial charge in [0.15, 0.2) is 0 Å². The first-order valence-corrected chi connectivity index (χ1v) is 7.82. The molecule has 2 atom stereocenters. The minimum atomic E-state index is 0.628. The molecule has 0 radical (unpaired) electrons. The van der Waals surface area contributed by atoms with E-state index in [0.29, 0.717) is 5.92 Å². The van der Waals surface area contributed by atoms with Crippen molar-refractivity contribution in [3.05, 3.63) is 35.9 Å². The van der Waals surface area contributed by atoms with Crippen molar-refractivity contribution < 1.29 is 0 Å². The zero-order valence-electron chi connectivity index (χ0n) is 10.6. The number of hydrogen-bond acceptors (Lipinski definition) is 1. The van der Waals surface area contributed by atoms with Gasteiger partial charge in [0.25, 0.3) is 0 Å². The van der Waals surface area contributed by atoms with E-state index in [1.807, 2.05) is 0 Å². The van der Waals surface area contributed by atoms with Crippen molar-refractivity contribution in [1.29, 1.82) is 0 Å². The molecule has 1 saturated heterocycles. The van der Waals surface area contributed by atoms with Crippen molar-refractivity contribution in [2.45, 2.75) is 38.1 Å². The van der Waals surface area contributed by atoms with Crippen LogP contribution in [0.3, 0.4) is 0 Å². The molecule has 1 aliphatic heterocycles. The first-order valence-electron chi connectivity index (χ1n) is 6.70. The highest BCUT2D eigenvalue weighted by molar-refractivity contribution is 9.09. The molecule has 1 nitrogen and oxygen atoms in total. The maximum atomic E-state index is 3.68. The summed E-state index contributed by atoms with van der Waals surface area (Å²) in [5, 5.41) is 1.06. The van der Waals surface area contributed by atoms with Crippen LogP contribution < -0.4 is 0 Å². The van der Waals surface area contributed by atoms with E-state index in [2.05, 4.69) is 58.1 Å². The summed E-state index contributed by atoms with van der Waals surface area (Å²) < 4.78 is 0. The fourth-order valence-electron chi connectivity index (χ4n) is 2.85. The maximum absolute atomic E-state index is 3.68. The topological polar surface area (TPSA) is 3.24 Å². The number of hydrogen-bond donors (Lipinski definition) is 0. The molecule has 0 amide bonds. The van der Waals surface area contributed by atoms with Crippen molar-refractivity contribution in [3.8, 4) is 0 Å². The Morgan fingerprint density at radius 1 is 1.35 bits per heavy atom. The summed E-state index contributed by atoms with van der Waals surface area (Å²) in [6.07, 6.45) is 4.06. The van der Waals surface area contributed by atoms with E-state index in [1.165, 1.54) is 37.9 Å². The molecule has 0 bridgehead atoms. The Hall–Kier alpha value is -0.340. The smallest absolute Gasteiger partial charge is 0.0112 e. The molecule has 2 rings (SSSR count). The van der Waals surface area contributed by atoms with Crippen LogP contribution in [0.15, 0.2) is 30.3 Å². The number of nitrogens with zero attached hydrogens (tertiary/aromatic N) is 1. The summed E-state index contributed by atoms with van der Waals surface area (Å²) in [4.78, 5) is 2.68. The summed E-state index contributed by atoms with van der Waals surface area (Å²) in [5.74, 6) is 0.628. The van der Waals surface area contributed by atoms with Crippen LogP contribution in [-0.4, -0.2) is 29.4 Å². The van der Waals surface area contributed by atoms with E-state index in [0.717, 1.165) is 11.4 Å². The molecular weight excluding hydrogens is 274 g/mol. The quantitative estimate of drug-likeness (QED) is 0.741. The molecular formula is C15H22BrN. The van der Waals surface area contributed by atoms with Gasteiger partial charge in [0.1, 0.15) is 0 Å². The number of rotatable bonds is 5. The summed E-state index contributed by atoms with van der Waals surface area (Å²) >= 11 is 3.68. The molecule has 1 heterocycles. The van der Waals surface area contributed by atoms with Crippen molar-refractivity contribution >= 4 is 15.9 Å². The van der Waals surface area contributed by atoms with Crippen LogP contribution in [0.4, 0.5) is 0 Å². The van der Waals surface area contributed by atoms with Gasteiger partial charge in [0.2, 0.25) is 0 Å². The first kappa shape index (κ1) is 13.1. The molecule has 94 valence electrons. The van der Waals surface area contributed by atoms with Crippen LogP contribution in [0.5, 0.6) is 0 Å². The molecule has 0 saturated carbocycles. The van der Waals surface area contributed by atoms with Gasteiger partial charge in [-0.05, 0) is 31.4 Å². The molecule has 1 aliphatic rings. The minimum Gasteiger partial charge on any atom is -0.300 e. The highest BCUT2D eigenvalue weighted by Gasteiger charge is 2.25. The lowest BCUT2D eigenvalue weighted by molar-refractivity contribution is 0.238. The van der Waals surface area contributed by atoms with E-state index in [1.54, 1.807) is 0 Å². The van der Waals surface area contributed by atoms with Gasteiger partial charge in [-0.3, -0.25) is 4.90 Å². The number of halogens is 1. The molecule has 1 fully saturated rings. The second-order valence-electron chi connectivity index (χ2n) is 4.96. The number of likely N-dealkylation sites (tertiary alicyclic amines) is 1. The maximum Gasteiger partial charge on any atom is 0.0112 e. The molecule has 0 aliphatic carbocycles. The highest BCUT2D eigenvalue weighted by Crippen LogP contribution is 2.26. The van der Waals surface area contributed by atoms with Gasteiger partial charge in [-0.2, -0.15) is 0 Å². The van der Waals surface area contributed by atoms with E-state index in [-0.39, 0.29) is 0 Å². The molecule has 0 spiro atoms. The van der Waals surface area contributed by atoms with E-state index >= 15 is 0 Å². The molecule has 1 aromatic carbocycles. The van der Waals surface area contributed by atoms with Crippen molar-refractivity contribution in [2.75, 3.05) is 18.4 Å². The standard InChI is InChI=1S/C15H22BrN/c1-2-15-9-6-10-17(15)12-14(11-16)13-7-4-3-5-8-13/h3-5,7-8,14-15H,2,6,9-12H2,1H3. The minimum absolute atomic E-state index is 0.628. The lowest BCUT2D eigenvalue weighted by Gasteiger charge is -2.27. The average molecular weight is 296 g/mol. The van der Waals surface area contributed by atoms with Gasteiger partial charge in [0.05, 0.1) is 0 Å². The molecule has 2 heteroatoms. The fourth-order valence-corrected chi connectivity index (χ4v) is 3.43. The normalized spacial score (nSPS) is 22.8. The highest BCUT2D eigenvalue weighted by atomic mass is 79.9. The second kappa shape index (κ2) is 6.55. The predicted octanol–water partition coefficient (Wildman–Crippen LogP) is 4.04. The summed E-state index contributed by atoms with van der Waals surface area (Å²) in [6, 6.07) is 11.7. The van der Waals surface area contributed by atoms with Crippen LogP contribution in [0, 0.1) is 0 Å². The largest absolute Gasteiger partial charge is 0.300 e. The van der Waals surface area contributed by atoms with E-state index < -0.39 is 0 Å². The van der Waals surface area contributed by atoms with Crippen LogP contribution in [0.25, 0.3) is 0 Å². The second-order valence-corrected chi connectivity index (χ2v) is 5.61. The Morgan fingerprint density at radius 2 is 2.12 bits per heavy atom. The zero-order valence-corrected chi connectivity index (χ0v) is 12.2. The van der Waals surface area contributed by atoms with E-state index in [4.69, 9.17) is 0 Å². The first-order chi connectivity index (χ1) is 8.35. The predicted molar refractivity (Wildman–Crippen MR) is 77.9 cm³/mol.